The van der Waals surface area contributed by atoms with E-state index in [-0.39, 0.29) is 30.0 Å². The molecule has 1 fully saturated rings. The van der Waals surface area contributed by atoms with Crippen LogP contribution in [0.1, 0.15) is 31.9 Å². The van der Waals surface area contributed by atoms with Crippen LogP contribution in [0.3, 0.4) is 0 Å². The summed E-state index contributed by atoms with van der Waals surface area (Å²) in [7, 11) is -3.03. The summed E-state index contributed by atoms with van der Waals surface area (Å²) in [5.41, 5.74) is 0.261. The zero-order chi connectivity index (χ0) is 16.4. The number of carbonyl (C=O) groups excluding carboxylic acids is 1. The van der Waals surface area contributed by atoms with Gasteiger partial charge in [-0.1, -0.05) is 29.8 Å². The van der Waals surface area contributed by atoms with Crippen molar-refractivity contribution in [3.63, 3.8) is 0 Å². The number of nitrogens with one attached hydrogen (secondary N) is 2. The van der Waals surface area contributed by atoms with Gasteiger partial charge in [0.2, 0.25) is 5.91 Å². The quantitative estimate of drug-likeness (QED) is 0.852. The minimum absolute atomic E-state index is 0.00576. The summed E-state index contributed by atoms with van der Waals surface area (Å²) in [5, 5.41) is 6.57. The summed E-state index contributed by atoms with van der Waals surface area (Å²) in [5.74, 6) is -0.0718. The van der Waals surface area contributed by atoms with Crippen LogP contribution >= 0.6 is 11.6 Å². The van der Waals surface area contributed by atoms with Crippen molar-refractivity contribution in [3.05, 3.63) is 34.9 Å². The maximum atomic E-state index is 12.0. The number of hydrogen-bond donors (Lipinski definition) is 2. The molecule has 2 N–H and O–H groups in total. The van der Waals surface area contributed by atoms with Crippen LogP contribution < -0.4 is 10.6 Å². The molecular weight excluding hydrogens is 324 g/mol. The summed E-state index contributed by atoms with van der Waals surface area (Å²) >= 11 is 6.12. The van der Waals surface area contributed by atoms with E-state index in [1.807, 2.05) is 25.1 Å². The highest BCUT2D eigenvalue weighted by Gasteiger charge is 2.39. The molecule has 0 unspecified atom stereocenters. The third kappa shape index (κ3) is 4.44. The molecule has 7 heteroatoms. The molecule has 5 nitrogen and oxygen atoms in total. The first-order chi connectivity index (χ1) is 10.2. The Hall–Kier alpha value is -1.11. The first kappa shape index (κ1) is 17.2. The molecule has 1 aromatic carbocycles. The van der Waals surface area contributed by atoms with Gasteiger partial charge in [0.25, 0.3) is 0 Å². The molecule has 0 bridgehead atoms. The second kappa shape index (κ2) is 6.56. The maximum absolute atomic E-state index is 12.0. The van der Waals surface area contributed by atoms with Crippen molar-refractivity contribution in [2.45, 2.75) is 31.8 Å². The Morgan fingerprint density at radius 3 is 2.68 bits per heavy atom. The van der Waals surface area contributed by atoms with Gasteiger partial charge in [0.1, 0.15) is 0 Å². The molecule has 122 valence electrons. The largest absolute Gasteiger partial charge is 0.349 e. The van der Waals surface area contributed by atoms with E-state index in [1.54, 1.807) is 13.0 Å². The topological polar surface area (TPSA) is 75.3 Å². The predicted molar refractivity (Wildman–Crippen MR) is 87.7 cm³/mol. The molecule has 1 aliphatic heterocycles. The van der Waals surface area contributed by atoms with Crippen LogP contribution in [0.4, 0.5) is 0 Å². The number of hydrogen-bond acceptors (Lipinski definition) is 4. The van der Waals surface area contributed by atoms with Gasteiger partial charge >= 0.3 is 0 Å². The van der Waals surface area contributed by atoms with Gasteiger partial charge in [-0.2, -0.15) is 0 Å². The van der Waals surface area contributed by atoms with Crippen LogP contribution in [-0.4, -0.2) is 37.9 Å². The zero-order valence-electron chi connectivity index (χ0n) is 12.7. The Morgan fingerprint density at radius 1 is 1.41 bits per heavy atom. The highest BCUT2D eigenvalue weighted by Crippen LogP contribution is 2.23. The fraction of sp³-hybridized carbons (Fsp3) is 0.533. The Bertz CT molecular complexity index is 663. The number of amides is 1. The summed E-state index contributed by atoms with van der Waals surface area (Å²) in [6, 6.07) is 7.39. The lowest BCUT2D eigenvalue weighted by molar-refractivity contribution is -0.121. The lowest BCUT2D eigenvalue weighted by Crippen LogP contribution is -2.49. The standard InChI is InChI=1S/C15H21ClN2O3S/c1-11(12-5-3-4-6-13(12)16)17-9-14(19)18-15(2)7-8-22(20,21)10-15/h3-6,11,17H,7-10H2,1-2H3,(H,18,19)/t11-,15+/m0/s1. The van der Waals surface area contributed by atoms with Gasteiger partial charge in [-0.3, -0.25) is 4.79 Å². The molecule has 0 aliphatic carbocycles. The molecule has 22 heavy (non-hydrogen) atoms. The van der Waals surface area contributed by atoms with E-state index in [9.17, 15) is 13.2 Å². The van der Waals surface area contributed by atoms with Gasteiger partial charge in [-0.25, -0.2) is 8.42 Å². The predicted octanol–water partition coefficient (Wildman–Crippen LogP) is 1.68. The fourth-order valence-corrected chi connectivity index (χ4v) is 5.06. The number of carbonyl (C=O) groups is 1. The smallest absolute Gasteiger partial charge is 0.234 e. The average molecular weight is 345 g/mol. The second-order valence-corrected chi connectivity index (χ2v) is 8.67. The summed E-state index contributed by atoms with van der Waals surface area (Å²) in [6.07, 6.45) is 0.459. The van der Waals surface area contributed by atoms with Gasteiger partial charge in [0.05, 0.1) is 23.6 Å². The van der Waals surface area contributed by atoms with Gasteiger partial charge in [-0.05, 0) is 31.9 Å². The molecule has 2 rings (SSSR count). The SMILES string of the molecule is C[C@H](NCC(=O)N[C@]1(C)CCS(=O)(=O)C1)c1ccccc1Cl. The Kier molecular flexibility index (Phi) is 5.14. The van der Waals surface area contributed by atoms with E-state index in [4.69, 9.17) is 11.6 Å². The molecular formula is C15H21ClN2O3S. The molecule has 1 saturated heterocycles. The molecule has 1 aliphatic rings. The van der Waals surface area contributed by atoms with Crippen LogP contribution in [-0.2, 0) is 14.6 Å². The minimum Gasteiger partial charge on any atom is -0.349 e. The Balaban J connectivity index is 1.87. The molecule has 0 spiro atoms. The van der Waals surface area contributed by atoms with Crippen LogP contribution in [0.15, 0.2) is 24.3 Å². The van der Waals surface area contributed by atoms with E-state index in [0.29, 0.717) is 11.4 Å². The third-order valence-electron chi connectivity index (χ3n) is 3.89. The lowest BCUT2D eigenvalue weighted by Gasteiger charge is -2.24. The van der Waals surface area contributed by atoms with Crippen molar-refractivity contribution in [1.29, 1.82) is 0 Å². The van der Waals surface area contributed by atoms with Crippen molar-refractivity contribution in [2.75, 3.05) is 18.1 Å². The van der Waals surface area contributed by atoms with Gasteiger partial charge in [0.15, 0.2) is 9.84 Å². The molecule has 1 amide bonds. The third-order valence-corrected chi connectivity index (χ3v) is 6.13. The fourth-order valence-electron chi connectivity index (χ4n) is 2.67. The molecule has 0 saturated carbocycles. The number of rotatable bonds is 5. The zero-order valence-corrected chi connectivity index (χ0v) is 14.3. The Labute approximate surface area is 136 Å². The van der Waals surface area contributed by atoms with E-state index >= 15 is 0 Å². The van der Waals surface area contributed by atoms with Crippen molar-refractivity contribution in [2.24, 2.45) is 0 Å². The maximum Gasteiger partial charge on any atom is 0.234 e. The summed E-state index contributed by atoms with van der Waals surface area (Å²) in [4.78, 5) is 12.0. The van der Waals surface area contributed by atoms with Crippen LogP contribution in [0, 0.1) is 0 Å². The van der Waals surface area contributed by atoms with Crippen molar-refractivity contribution in [1.82, 2.24) is 10.6 Å². The molecule has 1 heterocycles. The second-order valence-electron chi connectivity index (χ2n) is 6.07. The van der Waals surface area contributed by atoms with Crippen molar-refractivity contribution >= 4 is 27.3 Å². The highest BCUT2D eigenvalue weighted by atomic mass is 35.5. The summed E-state index contributed by atoms with van der Waals surface area (Å²) < 4.78 is 23.1. The normalized spacial score (nSPS) is 24.9. The van der Waals surface area contributed by atoms with E-state index in [2.05, 4.69) is 10.6 Å². The summed E-state index contributed by atoms with van der Waals surface area (Å²) in [6.45, 7) is 3.81. The van der Waals surface area contributed by atoms with E-state index in [0.717, 1.165) is 5.56 Å². The first-order valence-electron chi connectivity index (χ1n) is 7.20. The first-order valence-corrected chi connectivity index (χ1v) is 9.40. The molecule has 1 aromatic rings. The van der Waals surface area contributed by atoms with E-state index < -0.39 is 15.4 Å². The highest BCUT2D eigenvalue weighted by molar-refractivity contribution is 7.91. The van der Waals surface area contributed by atoms with Gasteiger partial charge in [-0.15, -0.1) is 0 Å². The molecule has 0 radical (unpaired) electrons. The molecule has 2 atom stereocenters. The molecule has 0 aromatic heterocycles. The van der Waals surface area contributed by atoms with Crippen LogP contribution in [0.2, 0.25) is 5.02 Å². The van der Waals surface area contributed by atoms with E-state index in [1.165, 1.54) is 0 Å². The van der Waals surface area contributed by atoms with Gasteiger partial charge < -0.3 is 10.6 Å². The van der Waals surface area contributed by atoms with Crippen molar-refractivity contribution in [3.8, 4) is 0 Å². The average Bonchev–Trinajstić information content (AvgIpc) is 2.70. The number of halogens is 1. The van der Waals surface area contributed by atoms with Gasteiger partial charge in [0, 0.05) is 11.1 Å². The monoisotopic (exact) mass is 344 g/mol. The Morgan fingerprint density at radius 2 is 2.09 bits per heavy atom. The number of sulfone groups is 1. The number of benzene rings is 1. The minimum atomic E-state index is -3.03. The van der Waals surface area contributed by atoms with Crippen LogP contribution in [0.25, 0.3) is 0 Å². The van der Waals surface area contributed by atoms with Crippen LogP contribution in [0.5, 0.6) is 0 Å². The lowest BCUT2D eigenvalue weighted by atomic mass is 10.0. The van der Waals surface area contributed by atoms with Crippen molar-refractivity contribution < 1.29 is 13.2 Å².